The van der Waals surface area contributed by atoms with Crippen LogP contribution in [0.2, 0.25) is 0 Å². The van der Waals surface area contributed by atoms with Crippen molar-refractivity contribution in [1.29, 1.82) is 0 Å². The van der Waals surface area contributed by atoms with Gasteiger partial charge in [-0.2, -0.15) is 0 Å². The Morgan fingerprint density at radius 3 is 2.94 bits per heavy atom. The van der Waals surface area contributed by atoms with Crippen LogP contribution in [0.5, 0.6) is 0 Å². The molecule has 1 aromatic heterocycles. The average molecular weight is 253 g/mol. The molecule has 98 valence electrons. The first-order chi connectivity index (χ1) is 8.63. The van der Waals surface area contributed by atoms with Crippen LogP contribution in [0.25, 0.3) is 0 Å². The number of hydrogen-bond donors (Lipinski definition) is 3. The van der Waals surface area contributed by atoms with Gasteiger partial charge >= 0.3 is 5.97 Å². The van der Waals surface area contributed by atoms with Gasteiger partial charge in [-0.1, -0.05) is 5.21 Å². The van der Waals surface area contributed by atoms with Gasteiger partial charge in [-0.25, -0.2) is 4.68 Å². The molecular formula is C10H15N5O3. The summed E-state index contributed by atoms with van der Waals surface area (Å²) in [6.45, 7) is 1.83. The van der Waals surface area contributed by atoms with Crippen molar-refractivity contribution in [2.24, 2.45) is 5.92 Å². The van der Waals surface area contributed by atoms with E-state index in [4.69, 9.17) is 5.11 Å². The highest BCUT2D eigenvalue weighted by atomic mass is 16.4. The van der Waals surface area contributed by atoms with Gasteiger partial charge in [0.25, 0.3) is 0 Å². The molecule has 0 atom stereocenters. The molecule has 1 aliphatic heterocycles. The number of nitrogens with one attached hydrogen (secondary N) is 2. The van der Waals surface area contributed by atoms with Gasteiger partial charge in [0.05, 0.1) is 12.7 Å². The standard InChI is InChI=1S/C10H15N5O3/c16-9(1-7-2-11-3-7)12-4-8-5-15(14-13-8)6-10(17)18/h5,7,11H,1-4,6H2,(H,12,16)(H,17,18). The van der Waals surface area contributed by atoms with Crippen LogP contribution in [0.3, 0.4) is 0 Å². The molecule has 1 saturated heterocycles. The number of carboxylic acid groups (broad SMARTS) is 1. The van der Waals surface area contributed by atoms with Gasteiger partial charge in [-0.3, -0.25) is 9.59 Å². The van der Waals surface area contributed by atoms with Gasteiger partial charge in [0.1, 0.15) is 12.2 Å². The molecule has 3 N–H and O–H groups in total. The Bertz CT molecular complexity index is 440. The molecule has 2 heterocycles. The van der Waals surface area contributed by atoms with Crippen LogP contribution in [0.1, 0.15) is 12.1 Å². The van der Waals surface area contributed by atoms with Crippen molar-refractivity contribution in [3.63, 3.8) is 0 Å². The average Bonchev–Trinajstić information content (AvgIpc) is 2.67. The third-order valence-electron chi connectivity index (χ3n) is 2.69. The van der Waals surface area contributed by atoms with E-state index < -0.39 is 5.97 Å². The zero-order valence-corrected chi connectivity index (χ0v) is 9.80. The van der Waals surface area contributed by atoms with Crippen molar-refractivity contribution in [1.82, 2.24) is 25.6 Å². The first-order valence-corrected chi connectivity index (χ1v) is 5.71. The first kappa shape index (κ1) is 12.5. The molecular weight excluding hydrogens is 238 g/mol. The molecule has 8 heteroatoms. The third-order valence-corrected chi connectivity index (χ3v) is 2.69. The van der Waals surface area contributed by atoms with E-state index in [1.54, 1.807) is 0 Å². The number of nitrogens with zero attached hydrogens (tertiary/aromatic N) is 3. The van der Waals surface area contributed by atoms with E-state index in [1.807, 2.05) is 0 Å². The van der Waals surface area contributed by atoms with Crippen LogP contribution in [-0.2, 0) is 22.7 Å². The lowest BCUT2D eigenvalue weighted by Crippen LogP contribution is -2.44. The molecule has 2 rings (SSSR count). The summed E-state index contributed by atoms with van der Waals surface area (Å²) in [5.41, 5.74) is 0.552. The van der Waals surface area contributed by atoms with Gasteiger partial charge in [0.2, 0.25) is 5.91 Å². The van der Waals surface area contributed by atoms with Crippen LogP contribution in [0, 0.1) is 5.92 Å². The Morgan fingerprint density at radius 2 is 2.33 bits per heavy atom. The number of carboxylic acids is 1. The minimum absolute atomic E-state index is 0.0192. The highest BCUT2D eigenvalue weighted by Crippen LogP contribution is 2.07. The molecule has 1 fully saturated rings. The van der Waals surface area contributed by atoms with Gasteiger partial charge < -0.3 is 15.7 Å². The van der Waals surface area contributed by atoms with E-state index in [1.165, 1.54) is 10.9 Å². The highest BCUT2D eigenvalue weighted by molar-refractivity contribution is 5.76. The molecule has 0 aromatic carbocycles. The smallest absolute Gasteiger partial charge is 0.325 e. The van der Waals surface area contributed by atoms with Crippen LogP contribution < -0.4 is 10.6 Å². The van der Waals surface area contributed by atoms with E-state index >= 15 is 0 Å². The van der Waals surface area contributed by atoms with Crippen molar-refractivity contribution >= 4 is 11.9 Å². The molecule has 0 saturated carbocycles. The number of amides is 1. The lowest BCUT2D eigenvalue weighted by atomic mass is 9.99. The van der Waals surface area contributed by atoms with E-state index in [0.29, 0.717) is 18.0 Å². The minimum atomic E-state index is -0.979. The summed E-state index contributed by atoms with van der Waals surface area (Å²) in [6, 6.07) is 0. The number of carbonyl (C=O) groups is 2. The zero-order chi connectivity index (χ0) is 13.0. The molecule has 0 unspecified atom stereocenters. The van der Waals surface area contributed by atoms with Crippen LogP contribution in [0.15, 0.2) is 6.20 Å². The third kappa shape index (κ3) is 3.52. The van der Waals surface area contributed by atoms with E-state index in [-0.39, 0.29) is 19.0 Å². The monoisotopic (exact) mass is 253 g/mol. The number of aromatic nitrogens is 3. The molecule has 1 amide bonds. The van der Waals surface area contributed by atoms with Crippen molar-refractivity contribution < 1.29 is 14.7 Å². The van der Waals surface area contributed by atoms with Crippen molar-refractivity contribution in [2.45, 2.75) is 19.5 Å². The van der Waals surface area contributed by atoms with Gasteiger partial charge in [-0.15, -0.1) is 5.10 Å². The van der Waals surface area contributed by atoms with Crippen molar-refractivity contribution in [3.05, 3.63) is 11.9 Å². The molecule has 0 aliphatic carbocycles. The number of rotatable bonds is 6. The van der Waals surface area contributed by atoms with E-state index in [2.05, 4.69) is 20.9 Å². The predicted molar refractivity (Wildman–Crippen MR) is 60.5 cm³/mol. The Hall–Kier alpha value is -1.96. The van der Waals surface area contributed by atoms with Gasteiger partial charge in [0, 0.05) is 6.42 Å². The molecule has 0 radical (unpaired) electrons. The maximum atomic E-state index is 11.5. The van der Waals surface area contributed by atoms with Crippen LogP contribution >= 0.6 is 0 Å². The summed E-state index contributed by atoms with van der Waals surface area (Å²) in [6.07, 6.45) is 2.02. The summed E-state index contributed by atoms with van der Waals surface area (Å²) in [5, 5.41) is 21.8. The summed E-state index contributed by atoms with van der Waals surface area (Å²) >= 11 is 0. The second-order valence-corrected chi connectivity index (χ2v) is 4.31. The summed E-state index contributed by atoms with van der Waals surface area (Å²) < 4.78 is 1.22. The van der Waals surface area contributed by atoms with Crippen molar-refractivity contribution in [2.75, 3.05) is 13.1 Å². The highest BCUT2D eigenvalue weighted by Gasteiger charge is 2.19. The predicted octanol–water partition coefficient (Wildman–Crippen LogP) is -1.41. The fourth-order valence-corrected chi connectivity index (χ4v) is 1.65. The summed E-state index contributed by atoms with van der Waals surface area (Å²) in [4.78, 5) is 22.0. The normalized spacial score (nSPS) is 15.1. The minimum Gasteiger partial charge on any atom is -0.480 e. The van der Waals surface area contributed by atoms with Gasteiger partial charge in [0.15, 0.2) is 0 Å². The molecule has 18 heavy (non-hydrogen) atoms. The van der Waals surface area contributed by atoms with Crippen molar-refractivity contribution in [3.8, 4) is 0 Å². The van der Waals surface area contributed by atoms with Crippen LogP contribution in [0.4, 0.5) is 0 Å². The van der Waals surface area contributed by atoms with E-state index in [0.717, 1.165) is 13.1 Å². The van der Waals surface area contributed by atoms with E-state index in [9.17, 15) is 9.59 Å². The number of aliphatic carboxylic acids is 1. The number of carbonyl (C=O) groups excluding carboxylic acids is 1. The van der Waals surface area contributed by atoms with Crippen LogP contribution in [-0.4, -0.2) is 45.1 Å². The Morgan fingerprint density at radius 1 is 1.56 bits per heavy atom. The number of hydrogen-bond acceptors (Lipinski definition) is 5. The maximum absolute atomic E-state index is 11.5. The fraction of sp³-hybridized carbons (Fsp3) is 0.600. The largest absolute Gasteiger partial charge is 0.480 e. The lowest BCUT2D eigenvalue weighted by molar-refractivity contribution is -0.138. The molecule has 0 spiro atoms. The molecule has 0 bridgehead atoms. The summed E-state index contributed by atoms with van der Waals surface area (Å²) in [5.74, 6) is -0.574. The molecule has 1 aliphatic rings. The second kappa shape index (κ2) is 5.58. The lowest BCUT2D eigenvalue weighted by Gasteiger charge is -2.26. The van der Waals surface area contributed by atoms with Gasteiger partial charge in [-0.05, 0) is 19.0 Å². The second-order valence-electron chi connectivity index (χ2n) is 4.31. The Labute approximate surface area is 103 Å². The maximum Gasteiger partial charge on any atom is 0.325 e. The first-order valence-electron chi connectivity index (χ1n) is 5.71. The molecule has 1 aromatic rings. The molecule has 8 nitrogen and oxygen atoms in total. The Balaban J connectivity index is 1.73. The fourth-order valence-electron chi connectivity index (χ4n) is 1.65. The topological polar surface area (TPSA) is 109 Å². The summed E-state index contributed by atoms with van der Waals surface area (Å²) in [7, 11) is 0. The zero-order valence-electron chi connectivity index (χ0n) is 9.80. The SMILES string of the molecule is O=C(O)Cn1cc(CNC(=O)CC2CNC2)nn1. The quantitative estimate of drug-likeness (QED) is 0.574. The Kier molecular flexibility index (Phi) is 3.88.